The second kappa shape index (κ2) is 8.24. The first-order chi connectivity index (χ1) is 14.1. The number of carboxylic acid groups (broad SMARTS) is 4. The lowest BCUT2D eigenvalue weighted by Gasteiger charge is -2.27. The van der Waals surface area contributed by atoms with E-state index in [2.05, 4.69) is 9.24 Å². The van der Waals surface area contributed by atoms with Crippen molar-refractivity contribution in [3.8, 4) is 11.1 Å². The fourth-order valence-electron chi connectivity index (χ4n) is 4.11. The molecule has 0 saturated heterocycles. The van der Waals surface area contributed by atoms with Gasteiger partial charge < -0.3 is 20.4 Å². The molecule has 0 saturated carbocycles. The van der Waals surface area contributed by atoms with Gasteiger partial charge in [-0.25, -0.2) is 0 Å². The third-order valence-electron chi connectivity index (χ3n) is 5.46. The van der Waals surface area contributed by atoms with Gasteiger partial charge in [0.1, 0.15) is 0 Å². The smallest absolute Gasteiger partial charge is 0.311 e. The quantitative estimate of drug-likeness (QED) is 0.395. The van der Waals surface area contributed by atoms with Crippen LogP contribution in [0, 0.1) is 11.8 Å². The van der Waals surface area contributed by atoms with Gasteiger partial charge in [0.05, 0.1) is 24.2 Å². The van der Waals surface area contributed by atoms with Crippen molar-refractivity contribution < 1.29 is 39.6 Å². The second-order valence-corrected chi connectivity index (χ2v) is 7.73. The molecule has 0 heterocycles. The summed E-state index contributed by atoms with van der Waals surface area (Å²) in [4.78, 5) is 46.8. The van der Waals surface area contributed by atoms with Gasteiger partial charge in [0.2, 0.25) is 0 Å². The van der Waals surface area contributed by atoms with Crippen LogP contribution in [0.3, 0.4) is 0 Å². The Labute approximate surface area is 173 Å². The van der Waals surface area contributed by atoms with Gasteiger partial charge in [-0.15, -0.1) is 9.24 Å². The molecule has 0 spiro atoms. The summed E-state index contributed by atoms with van der Waals surface area (Å²) in [7, 11) is 2.44. The van der Waals surface area contributed by atoms with Crippen molar-refractivity contribution in [2.45, 2.75) is 18.8 Å². The Hall–Kier alpha value is -3.25. The standard InChI is InChI=1S/C21H19O8P/c22-15(23)8-14(19(24)25)17(21(28)29)16(20(26)27)12-6-5-11-10-4-2-1-3-9(10)7-13(11)18(12)30/h1-6,14,16-17H,7-8,30H2,(H,22,23)(H,24,25)(H,26,27)(H,28,29). The zero-order valence-electron chi connectivity index (χ0n) is 15.6. The summed E-state index contributed by atoms with van der Waals surface area (Å²) in [5.74, 6) is -12.0. The van der Waals surface area contributed by atoms with Crippen LogP contribution in [0.1, 0.15) is 29.0 Å². The Balaban J connectivity index is 2.13. The maximum atomic E-state index is 12.1. The van der Waals surface area contributed by atoms with Gasteiger partial charge in [-0.05, 0) is 39.5 Å². The highest BCUT2D eigenvalue weighted by molar-refractivity contribution is 7.27. The molecule has 4 atom stereocenters. The highest BCUT2D eigenvalue weighted by Gasteiger charge is 2.46. The van der Waals surface area contributed by atoms with Gasteiger partial charge in [0, 0.05) is 0 Å². The number of benzene rings is 2. The van der Waals surface area contributed by atoms with Crippen LogP contribution in [0.4, 0.5) is 0 Å². The minimum Gasteiger partial charge on any atom is -0.481 e. The highest BCUT2D eigenvalue weighted by atomic mass is 31.0. The van der Waals surface area contributed by atoms with E-state index in [1.54, 1.807) is 6.07 Å². The molecule has 4 unspecified atom stereocenters. The SMILES string of the molecule is O=C(O)CC(C(=O)O)C(C(=O)O)C(C(=O)O)c1ccc2c(c1P)Cc1ccccc1-2. The number of hydrogen-bond acceptors (Lipinski definition) is 4. The number of fused-ring (bicyclic) bond motifs is 3. The molecule has 9 heteroatoms. The summed E-state index contributed by atoms with van der Waals surface area (Å²) in [5.41, 5.74) is 3.90. The molecule has 1 aliphatic carbocycles. The molecule has 0 radical (unpaired) electrons. The Kier molecular flexibility index (Phi) is 5.89. The van der Waals surface area contributed by atoms with E-state index in [-0.39, 0.29) is 5.56 Å². The van der Waals surface area contributed by atoms with E-state index in [4.69, 9.17) is 5.11 Å². The fourth-order valence-corrected chi connectivity index (χ4v) is 4.64. The fraction of sp³-hybridized carbons (Fsp3) is 0.238. The Morgan fingerprint density at radius 3 is 2.10 bits per heavy atom. The average molecular weight is 430 g/mol. The van der Waals surface area contributed by atoms with E-state index in [1.165, 1.54) is 6.07 Å². The zero-order chi connectivity index (χ0) is 22.2. The largest absolute Gasteiger partial charge is 0.481 e. The molecular weight excluding hydrogens is 411 g/mol. The number of aliphatic carboxylic acids is 4. The molecule has 0 aromatic heterocycles. The summed E-state index contributed by atoms with van der Waals surface area (Å²) in [6, 6.07) is 10.8. The van der Waals surface area contributed by atoms with E-state index in [0.29, 0.717) is 11.7 Å². The monoisotopic (exact) mass is 430 g/mol. The van der Waals surface area contributed by atoms with Gasteiger partial charge in [-0.1, -0.05) is 36.4 Å². The summed E-state index contributed by atoms with van der Waals surface area (Å²) in [5, 5.41) is 38.5. The first-order valence-corrected chi connectivity index (χ1v) is 9.61. The molecule has 2 aromatic carbocycles. The van der Waals surface area contributed by atoms with Crippen LogP contribution in [0.5, 0.6) is 0 Å². The highest BCUT2D eigenvalue weighted by Crippen LogP contribution is 2.40. The van der Waals surface area contributed by atoms with Crippen LogP contribution in [0.15, 0.2) is 36.4 Å². The number of carbonyl (C=O) groups is 4. The number of hydrogen-bond donors (Lipinski definition) is 4. The van der Waals surface area contributed by atoms with Crippen molar-refractivity contribution in [1.82, 2.24) is 0 Å². The van der Waals surface area contributed by atoms with Crippen molar-refractivity contribution in [3.05, 3.63) is 53.1 Å². The minimum atomic E-state index is -1.96. The lowest BCUT2D eigenvalue weighted by Crippen LogP contribution is -2.40. The third kappa shape index (κ3) is 3.78. The molecule has 8 nitrogen and oxygen atoms in total. The van der Waals surface area contributed by atoms with Crippen molar-refractivity contribution in [2.75, 3.05) is 0 Å². The first kappa shape index (κ1) is 21.5. The van der Waals surface area contributed by atoms with Gasteiger partial charge >= 0.3 is 23.9 Å². The van der Waals surface area contributed by atoms with Crippen molar-refractivity contribution in [3.63, 3.8) is 0 Å². The van der Waals surface area contributed by atoms with E-state index in [9.17, 15) is 34.5 Å². The number of rotatable bonds is 8. The first-order valence-electron chi connectivity index (χ1n) is 9.03. The summed E-state index contributed by atoms with van der Waals surface area (Å²) >= 11 is 0. The summed E-state index contributed by atoms with van der Waals surface area (Å²) in [6.45, 7) is 0. The molecule has 0 amide bonds. The molecule has 156 valence electrons. The molecule has 4 N–H and O–H groups in total. The maximum Gasteiger partial charge on any atom is 0.311 e. The second-order valence-electron chi connectivity index (χ2n) is 7.15. The molecule has 0 aliphatic heterocycles. The van der Waals surface area contributed by atoms with Gasteiger partial charge in [-0.3, -0.25) is 19.2 Å². The lowest BCUT2D eigenvalue weighted by molar-refractivity contribution is -0.161. The Morgan fingerprint density at radius 2 is 1.53 bits per heavy atom. The van der Waals surface area contributed by atoms with Crippen LogP contribution in [-0.2, 0) is 25.6 Å². The zero-order valence-corrected chi connectivity index (χ0v) is 16.8. The van der Waals surface area contributed by atoms with Crippen LogP contribution in [0.2, 0.25) is 0 Å². The van der Waals surface area contributed by atoms with Crippen LogP contribution in [-0.4, -0.2) is 44.3 Å². The normalized spacial score (nSPS) is 14.8. The number of carboxylic acids is 4. The Morgan fingerprint density at radius 1 is 0.867 bits per heavy atom. The molecule has 0 bridgehead atoms. The predicted octanol–water partition coefficient (Wildman–Crippen LogP) is 1.80. The molecule has 30 heavy (non-hydrogen) atoms. The van der Waals surface area contributed by atoms with Crippen molar-refractivity contribution in [1.29, 1.82) is 0 Å². The van der Waals surface area contributed by atoms with Crippen LogP contribution in [0.25, 0.3) is 11.1 Å². The summed E-state index contributed by atoms with van der Waals surface area (Å²) in [6.07, 6.45) is -0.474. The third-order valence-corrected chi connectivity index (χ3v) is 6.14. The van der Waals surface area contributed by atoms with Gasteiger partial charge in [0.15, 0.2) is 0 Å². The van der Waals surface area contributed by atoms with E-state index >= 15 is 0 Å². The lowest BCUT2D eigenvalue weighted by atomic mass is 9.75. The van der Waals surface area contributed by atoms with Crippen LogP contribution < -0.4 is 5.30 Å². The van der Waals surface area contributed by atoms with Crippen molar-refractivity contribution in [2.24, 2.45) is 11.8 Å². The molecule has 2 aromatic rings. The van der Waals surface area contributed by atoms with E-state index in [0.717, 1.165) is 22.3 Å². The Bertz CT molecular complexity index is 1060. The van der Waals surface area contributed by atoms with Crippen molar-refractivity contribution >= 4 is 38.4 Å². The van der Waals surface area contributed by atoms with E-state index in [1.807, 2.05) is 24.3 Å². The molecule has 0 fully saturated rings. The molecule has 1 aliphatic rings. The minimum absolute atomic E-state index is 0.142. The topological polar surface area (TPSA) is 149 Å². The average Bonchev–Trinajstić information content (AvgIpc) is 3.04. The van der Waals surface area contributed by atoms with Gasteiger partial charge in [0.25, 0.3) is 0 Å². The van der Waals surface area contributed by atoms with Crippen LogP contribution >= 0.6 is 9.24 Å². The predicted molar refractivity (Wildman–Crippen MR) is 109 cm³/mol. The van der Waals surface area contributed by atoms with Gasteiger partial charge in [-0.2, -0.15) is 0 Å². The van der Waals surface area contributed by atoms with E-state index < -0.39 is 48.1 Å². The maximum absolute atomic E-state index is 12.1. The summed E-state index contributed by atoms with van der Waals surface area (Å²) < 4.78 is 0. The molecule has 3 rings (SSSR count). The molecular formula is C21H19O8P.